The van der Waals surface area contributed by atoms with E-state index < -0.39 is 6.10 Å². The van der Waals surface area contributed by atoms with E-state index in [1.165, 1.54) is 0 Å². The van der Waals surface area contributed by atoms with Crippen LogP contribution < -0.4 is 5.32 Å². The van der Waals surface area contributed by atoms with Crippen molar-refractivity contribution in [2.24, 2.45) is 0 Å². The Balaban J connectivity index is 2.46. The van der Waals surface area contributed by atoms with E-state index in [0.29, 0.717) is 6.42 Å². The molecule has 2 N–H and O–H groups in total. The molecule has 0 saturated heterocycles. The third-order valence-corrected chi connectivity index (χ3v) is 2.79. The van der Waals surface area contributed by atoms with Gasteiger partial charge in [0.1, 0.15) is 6.10 Å². The van der Waals surface area contributed by atoms with Gasteiger partial charge >= 0.3 is 0 Å². The summed E-state index contributed by atoms with van der Waals surface area (Å²) < 4.78 is 0. The quantitative estimate of drug-likeness (QED) is 0.745. The number of nitrogens with one attached hydrogen (secondary N) is 1. The van der Waals surface area contributed by atoms with Gasteiger partial charge in [-0.2, -0.15) is 0 Å². The first kappa shape index (κ1) is 13.7. The molecule has 1 aromatic rings. The van der Waals surface area contributed by atoms with E-state index in [2.05, 4.69) is 12.2 Å². The van der Waals surface area contributed by atoms with Crippen LogP contribution in [0.15, 0.2) is 24.3 Å². The zero-order chi connectivity index (χ0) is 12.7. The van der Waals surface area contributed by atoms with Gasteiger partial charge in [-0.3, -0.25) is 4.79 Å². The molecule has 3 nitrogen and oxygen atoms in total. The second kappa shape index (κ2) is 7.07. The molecule has 0 fully saturated rings. The number of aliphatic hydroxyl groups is 1. The third kappa shape index (κ3) is 4.57. The van der Waals surface area contributed by atoms with E-state index in [4.69, 9.17) is 0 Å². The molecule has 0 aliphatic rings. The van der Waals surface area contributed by atoms with Gasteiger partial charge in [0.05, 0.1) is 0 Å². The van der Waals surface area contributed by atoms with Crippen LogP contribution in [-0.4, -0.2) is 17.1 Å². The van der Waals surface area contributed by atoms with Crippen molar-refractivity contribution in [3.63, 3.8) is 0 Å². The van der Waals surface area contributed by atoms with Crippen molar-refractivity contribution in [1.29, 1.82) is 0 Å². The molecular weight excluding hydrogens is 214 g/mol. The first-order chi connectivity index (χ1) is 8.15. The molecule has 1 amide bonds. The first-order valence-corrected chi connectivity index (χ1v) is 6.19. The highest BCUT2D eigenvalue weighted by atomic mass is 16.3. The molecule has 1 rings (SSSR count). The number of benzene rings is 1. The zero-order valence-electron chi connectivity index (χ0n) is 10.6. The van der Waals surface area contributed by atoms with Crippen LogP contribution in [0.5, 0.6) is 0 Å². The number of anilines is 1. The Morgan fingerprint density at radius 3 is 2.71 bits per heavy atom. The van der Waals surface area contributed by atoms with Crippen molar-refractivity contribution in [3.05, 3.63) is 29.8 Å². The average molecular weight is 235 g/mol. The summed E-state index contributed by atoms with van der Waals surface area (Å²) in [5.74, 6) is -0.310. The molecule has 94 valence electrons. The van der Waals surface area contributed by atoms with Gasteiger partial charge in [0.2, 0.25) is 0 Å². The summed E-state index contributed by atoms with van der Waals surface area (Å²) in [5.41, 5.74) is 1.77. The lowest BCUT2D eigenvalue weighted by molar-refractivity contribution is -0.124. The number of amides is 1. The number of unbranched alkanes of at least 4 members (excludes halogenated alkanes) is 2. The van der Waals surface area contributed by atoms with Gasteiger partial charge in [-0.05, 0) is 25.0 Å². The van der Waals surface area contributed by atoms with Crippen molar-refractivity contribution >= 4 is 11.6 Å². The van der Waals surface area contributed by atoms with Gasteiger partial charge in [-0.25, -0.2) is 0 Å². The highest BCUT2D eigenvalue weighted by Gasteiger charge is 2.14. The third-order valence-electron chi connectivity index (χ3n) is 2.79. The van der Waals surface area contributed by atoms with Crippen LogP contribution in [-0.2, 0) is 4.79 Å². The molecule has 0 aromatic heterocycles. The Hall–Kier alpha value is -1.35. The SMILES string of the molecule is CCCCCC(O)C(=O)Nc1ccccc1C. The Kier molecular flexibility index (Phi) is 5.70. The van der Waals surface area contributed by atoms with E-state index in [1.54, 1.807) is 0 Å². The molecule has 0 bridgehead atoms. The summed E-state index contributed by atoms with van der Waals surface area (Å²) in [6.07, 6.45) is 2.66. The summed E-state index contributed by atoms with van der Waals surface area (Å²) in [4.78, 5) is 11.7. The summed E-state index contributed by atoms with van der Waals surface area (Å²) in [7, 11) is 0. The summed E-state index contributed by atoms with van der Waals surface area (Å²) in [6, 6.07) is 7.56. The van der Waals surface area contributed by atoms with Gasteiger partial charge in [0.15, 0.2) is 0 Å². The largest absolute Gasteiger partial charge is 0.383 e. The second-order valence-electron chi connectivity index (χ2n) is 4.32. The van der Waals surface area contributed by atoms with Crippen LogP contribution in [0.2, 0.25) is 0 Å². The molecule has 0 spiro atoms. The van der Waals surface area contributed by atoms with Crippen molar-refractivity contribution < 1.29 is 9.90 Å². The highest BCUT2D eigenvalue weighted by molar-refractivity contribution is 5.94. The maximum absolute atomic E-state index is 11.7. The maximum Gasteiger partial charge on any atom is 0.253 e. The molecule has 1 atom stereocenters. The standard InChI is InChI=1S/C14H21NO2/c1-3-4-5-10-13(16)14(17)15-12-9-7-6-8-11(12)2/h6-9,13,16H,3-5,10H2,1-2H3,(H,15,17). The minimum Gasteiger partial charge on any atom is -0.383 e. The van der Waals surface area contributed by atoms with Gasteiger partial charge in [0, 0.05) is 5.69 Å². The molecule has 0 radical (unpaired) electrons. The monoisotopic (exact) mass is 235 g/mol. The number of hydrogen-bond donors (Lipinski definition) is 2. The lowest BCUT2D eigenvalue weighted by Crippen LogP contribution is -2.27. The fraction of sp³-hybridized carbons (Fsp3) is 0.500. The van der Waals surface area contributed by atoms with E-state index in [9.17, 15) is 9.90 Å². The molecule has 0 saturated carbocycles. The summed E-state index contributed by atoms with van der Waals surface area (Å²) in [6.45, 7) is 4.03. The predicted octanol–water partition coefficient (Wildman–Crippen LogP) is 2.87. The van der Waals surface area contributed by atoms with Crippen LogP contribution >= 0.6 is 0 Å². The molecule has 3 heteroatoms. The van der Waals surface area contributed by atoms with Crippen molar-refractivity contribution in [3.8, 4) is 0 Å². The van der Waals surface area contributed by atoms with Gasteiger partial charge < -0.3 is 10.4 Å². The van der Waals surface area contributed by atoms with Gasteiger partial charge in [0.25, 0.3) is 5.91 Å². The van der Waals surface area contributed by atoms with E-state index >= 15 is 0 Å². The van der Waals surface area contributed by atoms with Crippen molar-refractivity contribution in [1.82, 2.24) is 0 Å². The first-order valence-electron chi connectivity index (χ1n) is 6.19. The Morgan fingerprint density at radius 1 is 1.35 bits per heavy atom. The lowest BCUT2D eigenvalue weighted by atomic mass is 10.1. The Bertz CT molecular complexity index is 363. The molecule has 0 heterocycles. The number of carbonyl (C=O) groups is 1. The number of carbonyl (C=O) groups excluding carboxylic acids is 1. The number of hydrogen-bond acceptors (Lipinski definition) is 2. The molecular formula is C14H21NO2. The molecule has 1 aromatic carbocycles. The topological polar surface area (TPSA) is 49.3 Å². The minimum absolute atomic E-state index is 0.310. The van der Waals surface area contributed by atoms with Gasteiger partial charge in [-0.15, -0.1) is 0 Å². The van der Waals surface area contributed by atoms with Crippen LogP contribution in [0.1, 0.15) is 38.2 Å². The van der Waals surface area contributed by atoms with Crippen LogP contribution in [0.4, 0.5) is 5.69 Å². The zero-order valence-corrected chi connectivity index (χ0v) is 10.6. The molecule has 0 aliphatic heterocycles. The average Bonchev–Trinajstić information content (AvgIpc) is 2.32. The highest BCUT2D eigenvalue weighted by Crippen LogP contribution is 2.14. The molecule has 17 heavy (non-hydrogen) atoms. The number of aliphatic hydroxyl groups excluding tert-OH is 1. The van der Waals surface area contributed by atoms with Crippen molar-refractivity contribution in [2.45, 2.75) is 45.6 Å². The van der Waals surface area contributed by atoms with E-state index in [0.717, 1.165) is 30.5 Å². The van der Waals surface area contributed by atoms with Crippen LogP contribution in [0.25, 0.3) is 0 Å². The van der Waals surface area contributed by atoms with E-state index in [1.807, 2.05) is 31.2 Å². The number of rotatable bonds is 6. The predicted molar refractivity (Wildman–Crippen MR) is 70.0 cm³/mol. The lowest BCUT2D eigenvalue weighted by Gasteiger charge is -2.12. The number of aryl methyl sites for hydroxylation is 1. The molecule has 1 unspecified atom stereocenters. The molecule has 0 aliphatic carbocycles. The Labute approximate surface area is 103 Å². The second-order valence-corrected chi connectivity index (χ2v) is 4.32. The van der Waals surface area contributed by atoms with Crippen LogP contribution in [0.3, 0.4) is 0 Å². The fourth-order valence-corrected chi connectivity index (χ4v) is 1.65. The summed E-state index contributed by atoms with van der Waals surface area (Å²) in [5, 5.41) is 12.4. The maximum atomic E-state index is 11.7. The fourth-order valence-electron chi connectivity index (χ4n) is 1.65. The van der Waals surface area contributed by atoms with Crippen LogP contribution in [0, 0.1) is 6.92 Å². The summed E-state index contributed by atoms with van der Waals surface area (Å²) >= 11 is 0. The number of para-hydroxylation sites is 1. The normalized spacial score (nSPS) is 12.2. The smallest absolute Gasteiger partial charge is 0.253 e. The minimum atomic E-state index is -0.902. The van der Waals surface area contributed by atoms with Crippen molar-refractivity contribution in [2.75, 3.05) is 5.32 Å². The Morgan fingerprint density at radius 2 is 2.06 bits per heavy atom. The van der Waals surface area contributed by atoms with Gasteiger partial charge in [-0.1, -0.05) is 44.4 Å². The van der Waals surface area contributed by atoms with E-state index in [-0.39, 0.29) is 5.91 Å².